The summed E-state index contributed by atoms with van der Waals surface area (Å²) in [5, 5.41) is 5.03. The lowest BCUT2D eigenvalue weighted by atomic mass is 9.36. The molecule has 0 N–H and O–H groups in total. The first-order valence-electron chi connectivity index (χ1n) is 23.6. The lowest BCUT2D eigenvalue weighted by Crippen LogP contribution is -2.60. The zero-order chi connectivity index (χ0) is 46.4. The predicted octanol–water partition coefficient (Wildman–Crippen LogP) is 16.3. The number of thiophene rings is 2. The number of benzene rings is 6. The van der Waals surface area contributed by atoms with Gasteiger partial charge in [0, 0.05) is 47.6 Å². The van der Waals surface area contributed by atoms with Crippen LogP contribution in [-0.2, 0) is 21.7 Å². The van der Waals surface area contributed by atoms with Gasteiger partial charge in [0.15, 0.2) is 0 Å². The molecular formula is C60H65BN2S2. The first-order valence-corrected chi connectivity index (χ1v) is 25.3. The van der Waals surface area contributed by atoms with E-state index in [1.165, 1.54) is 126 Å². The van der Waals surface area contributed by atoms with E-state index in [-0.39, 0.29) is 28.4 Å². The van der Waals surface area contributed by atoms with Crippen LogP contribution in [0.3, 0.4) is 0 Å². The Bertz CT molecular complexity index is 3210. The fourth-order valence-electron chi connectivity index (χ4n) is 10.7. The largest absolute Gasteiger partial charge is 0.311 e. The van der Waals surface area contributed by atoms with Crippen molar-refractivity contribution in [2.24, 2.45) is 0 Å². The number of aryl methyl sites for hydroxylation is 4. The van der Waals surface area contributed by atoms with Gasteiger partial charge in [0.2, 0.25) is 0 Å². The summed E-state index contributed by atoms with van der Waals surface area (Å²) in [4.78, 5) is 5.41. The molecule has 0 unspecified atom stereocenters. The van der Waals surface area contributed by atoms with Gasteiger partial charge in [-0.05, 0) is 152 Å². The van der Waals surface area contributed by atoms with E-state index >= 15 is 0 Å². The van der Waals surface area contributed by atoms with E-state index in [1.54, 1.807) is 0 Å². The van der Waals surface area contributed by atoms with Gasteiger partial charge < -0.3 is 9.80 Å². The molecule has 5 heteroatoms. The van der Waals surface area contributed by atoms with E-state index in [9.17, 15) is 0 Å². The number of fused-ring (bicyclic) bond motifs is 7. The SMILES string of the molecule is Cc1cc(C(C)(C)C)cc(C)c1N1c2cc(-c3csc4ccccc34)ccc2B2c3sc4ccc(C(C)(C)C)cc4c3N(c3c(C)cc(C(C)(C)C)cc3C)c3cc(C(C)(C)C)cc1c32. The third-order valence-electron chi connectivity index (χ3n) is 14.3. The van der Waals surface area contributed by atoms with Crippen molar-refractivity contribution in [3.05, 3.63) is 147 Å². The summed E-state index contributed by atoms with van der Waals surface area (Å²) < 4.78 is 4.09. The molecule has 2 aliphatic rings. The standard InChI is InChI=1S/C60H65BN2S2/c1-34-25-40(58(8,9)10)26-35(2)53(34)62-47-29-38(45-33-64-50-20-18-17-19-43(45)50)21-23-46(47)61-52-48(62)31-42(60(14,15)16)32-49(52)63(54-36(3)27-41(28-37(54)4)59(11,12)13)55-44-30-39(57(5,6)7)22-24-51(44)65-56(55)61/h17-33H,1-16H3. The maximum absolute atomic E-state index is 2.72. The Morgan fingerprint density at radius 1 is 0.446 bits per heavy atom. The molecule has 0 bridgehead atoms. The van der Waals surface area contributed by atoms with Crippen molar-refractivity contribution in [1.82, 2.24) is 0 Å². The van der Waals surface area contributed by atoms with Crippen molar-refractivity contribution in [2.75, 3.05) is 9.80 Å². The third-order valence-corrected chi connectivity index (χ3v) is 16.5. The van der Waals surface area contributed by atoms with Crippen LogP contribution in [0.1, 0.15) is 128 Å². The molecule has 4 heterocycles. The molecule has 6 aromatic carbocycles. The fraction of sp³-hybridized carbons (Fsp3) is 0.333. The van der Waals surface area contributed by atoms with Gasteiger partial charge in [-0.2, -0.15) is 0 Å². The van der Waals surface area contributed by atoms with Crippen molar-refractivity contribution in [3.63, 3.8) is 0 Å². The zero-order valence-corrected chi connectivity index (χ0v) is 43.2. The third kappa shape index (κ3) is 7.01. The van der Waals surface area contributed by atoms with Crippen LogP contribution in [0.4, 0.5) is 34.1 Å². The van der Waals surface area contributed by atoms with Crippen LogP contribution in [0.25, 0.3) is 31.3 Å². The summed E-state index contributed by atoms with van der Waals surface area (Å²) >= 11 is 3.84. The smallest absolute Gasteiger partial charge is 0.264 e. The number of nitrogens with zero attached hydrogens (tertiary/aromatic N) is 2. The van der Waals surface area contributed by atoms with Gasteiger partial charge in [-0.15, -0.1) is 22.7 Å². The van der Waals surface area contributed by atoms with Crippen LogP contribution in [-0.4, -0.2) is 6.71 Å². The van der Waals surface area contributed by atoms with E-state index in [4.69, 9.17) is 0 Å². The average Bonchev–Trinajstić information content (AvgIpc) is 3.82. The average molecular weight is 889 g/mol. The molecule has 0 spiro atoms. The predicted molar refractivity (Wildman–Crippen MR) is 290 cm³/mol. The van der Waals surface area contributed by atoms with Crippen molar-refractivity contribution < 1.29 is 0 Å². The van der Waals surface area contributed by atoms with E-state index in [2.05, 4.69) is 223 Å². The second-order valence-electron chi connectivity index (χ2n) is 23.4. The Morgan fingerprint density at radius 3 is 1.54 bits per heavy atom. The maximum Gasteiger partial charge on any atom is 0.264 e. The van der Waals surface area contributed by atoms with Gasteiger partial charge in [-0.1, -0.05) is 144 Å². The lowest BCUT2D eigenvalue weighted by molar-refractivity contribution is 0.589. The minimum Gasteiger partial charge on any atom is -0.311 e. The van der Waals surface area contributed by atoms with Crippen LogP contribution < -0.4 is 25.5 Å². The Balaban J connectivity index is 1.37. The molecule has 2 aliphatic heterocycles. The van der Waals surface area contributed by atoms with Crippen molar-refractivity contribution >= 4 is 99.4 Å². The highest BCUT2D eigenvalue weighted by Gasteiger charge is 2.47. The van der Waals surface area contributed by atoms with Crippen LogP contribution in [0.2, 0.25) is 0 Å². The number of rotatable bonds is 3. The normalized spacial score (nSPS) is 14.1. The van der Waals surface area contributed by atoms with Gasteiger partial charge in [-0.25, -0.2) is 0 Å². The van der Waals surface area contributed by atoms with E-state index < -0.39 is 0 Å². The second-order valence-corrected chi connectivity index (χ2v) is 25.4. The van der Waals surface area contributed by atoms with Crippen molar-refractivity contribution in [1.29, 1.82) is 0 Å². The summed E-state index contributed by atoms with van der Waals surface area (Å²) in [6, 6.07) is 38.6. The van der Waals surface area contributed by atoms with Crippen LogP contribution in [0.5, 0.6) is 0 Å². The molecule has 0 atom stereocenters. The quantitative estimate of drug-likeness (QED) is 0.163. The molecule has 0 fully saturated rings. The summed E-state index contributed by atoms with van der Waals surface area (Å²) in [5.74, 6) is 0. The molecule has 2 nitrogen and oxygen atoms in total. The fourth-order valence-corrected chi connectivity index (χ4v) is 13.0. The molecule has 8 aromatic rings. The highest BCUT2D eigenvalue weighted by molar-refractivity contribution is 7.33. The summed E-state index contributed by atoms with van der Waals surface area (Å²) in [6.07, 6.45) is 0. The first-order chi connectivity index (χ1) is 30.4. The molecule has 10 rings (SSSR count). The number of hydrogen-bond donors (Lipinski definition) is 0. The molecule has 0 saturated heterocycles. The molecule has 65 heavy (non-hydrogen) atoms. The van der Waals surface area contributed by atoms with Crippen molar-refractivity contribution in [2.45, 2.75) is 132 Å². The number of anilines is 6. The van der Waals surface area contributed by atoms with E-state index in [0.29, 0.717) is 0 Å². The monoisotopic (exact) mass is 888 g/mol. The van der Waals surface area contributed by atoms with Crippen molar-refractivity contribution in [3.8, 4) is 11.1 Å². The molecule has 330 valence electrons. The maximum atomic E-state index is 2.72. The number of hydrogen-bond acceptors (Lipinski definition) is 4. The van der Waals surface area contributed by atoms with Crippen LogP contribution >= 0.6 is 22.7 Å². The highest BCUT2D eigenvalue weighted by Crippen LogP contribution is 2.53. The first kappa shape index (κ1) is 43.8. The minimum atomic E-state index is -0.118. The minimum absolute atomic E-state index is 0.00556. The summed E-state index contributed by atoms with van der Waals surface area (Å²) in [5.41, 5.74) is 23.7. The van der Waals surface area contributed by atoms with Gasteiger partial charge in [0.1, 0.15) is 0 Å². The van der Waals surface area contributed by atoms with Gasteiger partial charge in [0.25, 0.3) is 6.71 Å². The van der Waals surface area contributed by atoms with Gasteiger partial charge in [0.05, 0.1) is 17.1 Å². The van der Waals surface area contributed by atoms with Gasteiger partial charge >= 0.3 is 0 Å². The Kier molecular flexibility index (Phi) is 9.90. The van der Waals surface area contributed by atoms with Crippen LogP contribution in [0, 0.1) is 27.7 Å². The lowest BCUT2D eigenvalue weighted by Gasteiger charge is -2.45. The Morgan fingerprint density at radius 2 is 0.969 bits per heavy atom. The molecule has 0 amide bonds. The molecule has 0 saturated carbocycles. The van der Waals surface area contributed by atoms with Gasteiger partial charge in [-0.3, -0.25) is 0 Å². The molecule has 0 aliphatic carbocycles. The molecular weight excluding hydrogens is 824 g/mol. The molecule has 2 aromatic heterocycles. The summed E-state index contributed by atoms with van der Waals surface area (Å²) in [7, 11) is 0. The topological polar surface area (TPSA) is 6.48 Å². The molecule has 0 radical (unpaired) electrons. The van der Waals surface area contributed by atoms with E-state index in [0.717, 1.165) is 0 Å². The zero-order valence-electron chi connectivity index (χ0n) is 41.6. The Labute approximate surface area is 397 Å². The second kappa shape index (κ2) is 14.7. The van der Waals surface area contributed by atoms with E-state index in [1.807, 2.05) is 22.7 Å². The summed E-state index contributed by atoms with van der Waals surface area (Å²) in [6.45, 7) is 37.6. The highest BCUT2D eigenvalue weighted by atomic mass is 32.1. The van der Waals surface area contributed by atoms with Crippen LogP contribution in [0.15, 0.2) is 102 Å². The Hall–Kier alpha value is -5.10.